The summed E-state index contributed by atoms with van der Waals surface area (Å²) in [5.74, 6) is -0.0915. The third-order valence-electron chi connectivity index (χ3n) is 4.39. The summed E-state index contributed by atoms with van der Waals surface area (Å²) >= 11 is 0. The molecule has 1 saturated heterocycles. The van der Waals surface area contributed by atoms with E-state index in [1.54, 1.807) is 14.5 Å². The predicted molar refractivity (Wildman–Crippen MR) is 90.3 cm³/mol. The van der Waals surface area contributed by atoms with Crippen molar-refractivity contribution in [2.24, 2.45) is 7.05 Å². The molecule has 1 aromatic heterocycles. The first-order chi connectivity index (χ1) is 11.8. The molecule has 0 radical (unpaired) electrons. The molecule has 3 rings (SSSR count). The molecule has 0 aromatic carbocycles. The fourth-order valence-corrected chi connectivity index (χ4v) is 3.16. The van der Waals surface area contributed by atoms with Gasteiger partial charge in [0.1, 0.15) is 5.60 Å². The first kappa shape index (κ1) is 17.7. The quantitative estimate of drug-likeness (QED) is 0.760. The van der Waals surface area contributed by atoms with Crippen LogP contribution >= 0.6 is 0 Å². The van der Waals surface area contributed by atoms with Gasteiger partial charge in [-0.3, -0.25) is 9.48 Å². The lowest BCUT2D eigenvalue weighted by Crippen LogP contribution is -2.42. The molecule has 0 bridgehead atoms. The molecule has 0 spiro atoms. The van der Waals surface area contributed by atoms with E-state index in [4.69, 9.17) is 9.47 Å². The fourth-order valence-electron chi connectivity index (χ4n) is 3.16. The number of carbonyl (C=O) groups is 2. The molecule has 0 atom stereocenters. The van der Waals surface area contributed by atoms with E-state index in [1.165, 1.54) is 0 Å². The zero-order chi connectivity index (χ0) is 18.2. The number of amides is 2. The zero-order valence-corrected chi connectivity index (χ0v) is 15.4. The number of nitrogens with zero attached hydrogens (tertiary/aromatic N) is 4. The summed E-state index contributed by atoms with van der Waals surface area (Å²) in [7, 11) is 1.85. The highest BCUT2D eigenvalue weighted by molar-refractivity contribution is 5.94. The van der Waals surface area contributed by atoms with Crippen LogP contribution in [0.5, 0.6) is 0 Å². The number of hydrogen-bond donors (Lipinski definition) is 0. The van der Waals surface area contributed by atoms with Gasteiger partial charge in [-0.05, 0) is 20.8 Å². The van der Waals surface area contributed by atoms with Crippen LogP contribution in [0, 0.1) is 0 Å². The van der Waals surface area contributed by atoms with Crippen molar-refractivity contribution in [3.63, 3.8) is 0 Å². The molecule has 1 fully saturated rings. The molecular weight excluding hydrogens is 324 g/mol. The fraction of sp³-hybridized carbons (Fsp3) is 0.706. The highest BCUT2D eigenvalue weighted by Gasteiger charge is 2.33. The molecule has 1 aromatic rings. The predicted octanol–water partition coefficient (Wildman–Crippen LogP) is 1.19. The van der Waals surface area contributed by atoms with Crippen molar-refractivity contribution in [1.82, 2.24) is 19.6 Å². The molecule has 2 aliphatic heterocycles. The second-order valence-corrected chi connectivity index (χ2v) is 7.45. The normalized spacial score (nSPS) is 18.1. The van der Waals surface area contributed by atoms with Gasteiger partial charge < -0.3 is 19.3 Å². The molecular formula is C17H26N4O4. The van der Waals surface area contributed by atoms with Crippen molar-refractivity contribution >= 4 is 12.0 Å². The molecule has 3 heterocycles. The number of rotatable bonds is 1. The van der Waals surface area contributed by atoms with Gasteiger partial charge in [-0.2, -0.15) is 5.10 Å². The molecule has 0 N–H and O–H groups in total. The summed E-state index contributed by atoms with van der Waals surface area (Å²) in [4.78, 5) is 28.6. The third-order valence-corrected chi connectivity index (χ3v) is 4.39. The summed E-state index contributed by atoms with van der Waals surface area (Å²) < 4.78 is 12.5. The lowest BCUT2D eigenvalue weighted by molar-refractivity contribution is 0.0216. The highest BCUT2D eigenvalue weighted by Crippen LogP contribution is 2.25. The second kappa shape index (κ2) is 6.67. The van der Waals surface area contributed by atoms with E-state index in [2.05, 4.69) is 5.10 Å². The molecule has 138 valence electrons. The Labute approximate surface area is 147 Å². The van der Waals surface area contributed by atoms with Crippen LogP contribution in [0.25, 0.3) is 0 Å². The summed E-state index contributed by atoms with van der Waals surface area (Å²) in [6.07, 6.45) is 0.306. The minimum atomic E-state index is -0.543. The van der Waals surface area contributed by atoms with Gasteiger partial charge in [0.05, 0.1) is 19.8 Å². The second-order valence-electron chi connectivity index (χ2n) is 7.45. The Bertz CT molecular complexity index is 671. The topological polar surface area (TPSA) is 76.9 Å². The van der Waals surface area contributed by atoms with E-state index in [0.717, 1.165) is 11.3 Å². The van der Waals surface area contributed by atoms with Crippen molar-refractivity contribution in [2.75, 3.05) is 32.8 Å². The van der Waals surface area contributed by atoms with Gasteiger partial charge in [0, 0.05) is 44.4 Å². The number of carbonyl (C=O) groups excluding carboxylic acids is 2. The molecule has 0 saturated carbocycles. The van der Waals surface area contributed by atoms with Crippen molar-refractivity contribution in [3.05, 3.63) is 17.0 Å². The maximum absolute atomic E-state index is 12.9. The molecule has 25 heavy (non-hydrogen) atoms. The van der Waals surface area contributed by atoms with Crippen LogP contribution in [-0.2, 0) is 29.5 Å². The van der Waals surface area contributed by atoms with E-state index in [-0.39, 0.29) is 12.0 Å². The number of hydrogen-bond acceptors (Lipinski definition) is 5. The SMILES string of the molecule is Cn1nc(C(=O)N2CCOCC2)c2c1CCN(C(=O)OC(C)(C)C)C2. The van der Waals surface area contributed by atoms with Crippen LogP contribution < -0.4 is 0 Å². The van der Waals surface area contributed by atoms with E-state index < -0.39 is 5.60 Å². The average Bonchev–Trinajstić information content (AvgIpc) is 2.90. The number of aromatic nitrogens is 2. The number of ether oxygens (including phenoxy) is 2. The van der Waals surface area contributed by atoms with Gasteiger partial charge in [0.25, 0.3) is 5.91 Å². The standard InChI is InChI=1S/C17H26N4O4/c1-17(2,3)25-16(23)21-6-5-13-12(11-21)14(18-19(13)4)15(22)20-7-9-24-10-8-20/h5-11H2,1-4H3. The largest absolute Gasteiger partial charge is 0.444 e. The summed E-state index contributed by atoms with van der Waals surface area (Å²) in [5.41, 5.74) is 1.74. The maximum atomic E-state index is 12.9. The first-order valence-corrected chi connectivity index (χ1v) is 8.66. The zero-order valence-electron chi connectivity index (χ0n) is 15.4. The molecule has 8 nitrogen and oxygen atoms in total. The van der Waals surface area contributed by atoms with Gasteiger partial charge >= 0.3 is 6.09 Å². The number of aryl methyl sites for hydroxylation is 1. The molecule has 0 aliphatic carbocycles. The summed E-state index contributed by atoms with van der Waals surface area (Å²) in [6.45, 7) is 8.68. The Morgan fingerprint density at radius 2 is 1.80 bits per heavy atom. The van der Waals surface area contributed by atoms with E-state index in [9.17, 15) is 9.59 Å². The Morgan fingerprint density at radius 1 is 1.12 bits per heavy atom. The highest BCUT2D eigenvalue weighted by atomic mass is 16.6. The van der Waals surface area contributed by atoms with Crippen LogP contribution in [0.15, 0.2) is 0 Å². The smallest absolute Gasteiger partial charge is 0.410 e. The van der Waals surface area contributed by atoms with E-state index >= 15 is 0 Å². The molecule has 2 aliphatic rings. The Balaban J connectivity index is 1.81. The van der Waals surface area contributed by atoms with Crippen molar-refractivity contribution < 1.29 is 19.1 Å². The van der Waals surface area contributed by atoms with Gasteiger partial charge in [0.15, 0.2) is 5.69 Å². The monoisotopic (exact) mass is 350 g/mol. The molecule has 8 heteroatoms. The molecule has 2 amide bonds. The third kappa shape index (κ3) is 3.78. The maximum Gasteiger partial charge on any atom is 0.410 e. The van der Waals surface area contributed by atoms with Crippen molar-refractivity contribution in [1.29, 1.82) is 0 Å². The van der Waals surface area contributed by atoms with Gasteiger partial charge in [-0.1, -0.05) is 0 Å². The Hall–Kier alpha value is -2.09. The first-order valence-electron chi connectivity index (χ1n) is 8.66. The number of fused-ring (bicyclic) bond motifs is 1. The van der Waals surface area contributed by atoms with Crippen LogP contribution in [0.3, 0.4) is 0 Å². The summed E-state index contributed by atoms with van der Waals surface area (Å²) in [5, 5.41) is 4.44. The van der Waals surface area contributed by atoms with Crippen LogP contribution in [-0.4, -0.2) is 70.0 Å². The minimum absolute atomic E-state index is 0.0915. The van der Waals surface area contributed by atoms with E-state index in [0.29, 0.717) is 51.5 Å². The molecule has 0 unspecified atom stereocenters. The van der Waals surface area contributed by atoms with Crippen LogP contribution in [0.4, 0.5) is 4.79 Å². The van der Waals surface area contributed by atoms with Crippen molar-refractivity contribution in [2.45, 2.75) is 39.3 Å². The van der Waals surface area contributed by atoms with Gasteiger partial charge in [0.2, 0.25) is 0 Å². The minimum Gasteiger partial charge on any atom is -0.444 e. The van der Waals surface area contributed by atoms with Gasteiger partial charge in [-0.25, -0.2) is 4.79 Å². The number of morpholine rings is 1. The van der Waals surface area contributed by atoms with E-state index in [1.807, 2.05) is 27.8 Å². The van der Waals surface area contributed by atoms with Crippen LogP contribution in [0.2, 0.25) is 0 Å². The van der Waals surface area contributed by atoms with Crippen LogP contribution in [0.1, 0.15) is 42.5 Å². The Kier molecular flexibility index (Phi) is 4.73. The Morgan fingerprint density at radius 3 is 2.44 bits per heavy atom. The van der Waals surface area contributed by atoms with Gasteiger partial charge in [-0.15, -0.1) is 0 Å². The average molecular weight is 350 g/mol. The lowest BCUT2D eigenvalue weighted by Gasteiger charge is -2.31. The van der Waals surface area contributed by atoms with Crippen molar-refractivity contribution in [3.8, 4) is 0 Å². The lowest BCUT2D eigenvalue weighted by atomic mass is 10.0. The summed E-state index contributed by atoms with van der Waals surface area (Å²) in [6, 6.07) is 0.